The van der Waals surface area contributed by atoms with Gasteiger partial charge in [-0.2, -0.15) is 5.10 Å². The Kier molecular flexibility index (Phi) is 3.68. The maximum atomic E-state index is 11.9. The number of fused-ring (bicyclic) bond motifs is 1. The smallest absolute Gasteiger partial charge is 0.315 e. The highest BCUT2D eigenvalue weighted by Crippen LogP contribution is 2.38. The third-order valence-electron chi connectivity index (χ3n) is 3.29. The number of hydrogen-bond acceptors (Lipinski definition) is 6. The van der Waals surface area contributed by atoms with Gasteiger partial charge in [0.25, 0.3) is 0 Å². The fourth-order valence-corrected chi connectivity index (χ4v) is 3.36. The van der Waals surface area contributed by atoms with Crippen molar-refractivity contribution in [2.45, 2.75) is 32.2 Å². The van der Waals surface area contributed by atoms with Gasteiger partial charge in [0, 0.05) is 23.2 Å². The van der Waals surface area contributed by atoms with Crippen molar-refractivity contribution >= 4 is 22.4 Å². The van der Waals surface area contributed by atoms with Crippen molar-refractivity contribution in [2.75, 3.05) is 11.9 Å². The number of aromatic nitrogens is 3. The molecule has 106 valence electrons. The number of thiazole rings is 1. The molecule has 1 aliphatic carbocycles. The van der Waals surface area contributed by atoms with Gasteiger partial charge in [-0.15, -0.1) is 11.3 Å². The van der Waals surface area contributed by atoms with Crippen LogP contribution >= 0.6 is 11.3 Å². The van der Waals surface area contributed by atoms with E-state index in [2.05, 4.69) is 20.5 Å². The summed E-state index contributed by atoms with van der Waals surface area (Å²) in [5, 5.41) is 10.8. The van der Waals surface area contributed by atoms with Crippen molar-refractivity contribution in [1.29, 1.82) is 0 Å². The second-order valence-corrected chi connectivity index (χ2v) is 5.71. The Bertz CT molecular complexity index is 594. The van der Waals surface area contributed by atoms with Crippen LogP contribution in [0.2, 0.25) is 0 Å². The van der Waals surface area contributed by atoms with E-state index >= 15 is 0 Å². The zero-order valence-electron chi connectivity index (χ0n) is 11.2. The Labute approximate surface area is 120 Å². The Morgan fingerprint density at radius 2 is 2.55 bits per heavy atom. The number of aromatic amines is 1. The normalized spacial score (nSPS) is 16.9. The van der Waals surface area contributed by atoms with Gasteiger partial charge in [-0.25, -0.2) is 4.98 Å². The number of esters is 1. The Balaban J connectivity index is 1.68. The zero-order valence-corrected chi connectivity index (χ0v) is 12.0. The Morgan fingerprint density at radius 1 is 1.65 bits per heavy atom. The first-order valence-electron chi connectivity index (χ1n) is 6.65. The number of nitrogens with zero attached hydrogens (tertiary/aromatic N) is 2. The van der Waals surface area contributed by atoms with E-state index < -0.39 is 0 Å². The number of hydrogen-bond donors (Lipinski definition) is 2. The molecule has 6 nitrogen and oxygen atoms in total. The SMILES string of the molecule is CCOC(=O)C1CCc2sc(NCc3cn[nH]c3)nc21. The number of nitrogens with one attached hydrogen (secondary N) is 2. The molecule has 2 heterocycles. The van der Waals surface area contributed by atoms with Gasteiger partial charge in [-0.05, 0) is 19.8 Å². The highest BCUT2D eigenvalue weighted by atomic mass is 32.1. The van der Waals surface area contributed by atoms with Crippen LogP contribution in [-0.2, 0) is 22.5 Å². The number of rotatable bonds is 5. The van der Waals surface area contributed by atoms with Gasteiger partial charge >= 0.3 is 5.97 Å². The second-order valence-electron chi connectivity index (χ2n) is 4.63. The van der Waals surface area contributed by atoms with E-state index in [9.17, 15) is 4.79 Å². The fourth-order valence-electron chi connectivity index (χ4n) is 2.33. The second kappa shape index (κ2) is 5.62. The number of anilines is 1. The van der Waals surface area contributed by atoms with Gasteiger partial charge in [0.2, 0.25) is 0 Å². The van der Waals surface area contributed by atoms with Crippen LogP contribution in [0.3, 0.4) is 0 Å². The predicted molar refractivity (Wildman–Crippen MR) is 75.7 cm³/mol. The quantitative estimate of drug-likeness (QED) is 0.825. The number of ether oxygens (including phenoxy) is 1. The third kappa shape index (κ3) is 2.53. The van der Waals surface area contributed by atoms with Crippen LogP contribution in [0.15, 0.2) is 12.4 Å². The molecule has 0 bridgehead atoms. The molecule has 0 aromatic carbocycles. The lowest BCUT2D eigenvalue weighted by Gasteiger charge is -2.07. The number of H-pyrrole nitrogens is 1. The van der Waals surface area contributed by atoms with Gasteiger partial charge < -0.3 is 10.1 Å². The van der Waals surface area contributed by atoms with Crippen LogP contribution in [0.5, 0.6) is 0 Å². The van der Waals surface area contributed by atoms with Gasteiger partial charge in [0.15, 0.2) is 5.13 Å². The van der Waals surface area contributed by atoms with Gasteiger partial charge in [-0.1, -0.05) is 0 Å². The standard InChI is InChI=1S/C13H16N4O2S/c1-2-19-12(18)9-3-4-10-11(9)17-13(20-10)14-5-8-6-15-16-7-8/h6-7,9H,2-5H2,1H3,(H,14,17)(H,15,16). The molecule has 1 unspecified atom stereocenters. The maximum absolute atomic E-state index is 11.9. The molecule has 1 aliphatic rings. The summed E-state index contributed by atoms with van der Waals surface area (Å²) in [6.45, 7) is 2.92. The first-order chi connectivity index (χ1) is 9.78. The molecule has 3 rings (SSSR count). The molecule has 2 aromatic heterocycles. The summed E-state index contributed by atoms with van der Waals surface area (Å²) in [5.41, 5.74) is 1.96. The van der Waals surface area contributed by atoms with E-state index in [-0.39, 0.29) is 11.9 Å². The number of aryl methyl sites for hydroxylation is 1. The lowest BCUT2D eigenvalue weighted by Crippen LogP contribution is -2.14. The minimum absolute atomic E-state index is 0.155. The van der Waals surface area contributed by atoms with Crippen molar-refractivity contribution in [3.05, 3.63) is 28.5 Å². The van der Waals surface area contributed by atoms with Crippen LogP contribution < -0.4 is 5.32 Å². The van der Waals surface area contributed by atoms with Gasteiger partial charge in [0.05, 0.1) is 18.5 Å². The van der Waals surface area contributed by atoms with Gasteiger partial charge in [0.1, 0.15) is 5.92 Å². The monoisotopic (exact) mass is 292 g/mol. The Morgan fingerprint density at radius 3 is 3.30 bits per heavy atom. The predicted octanol–water partition coefficient (Wildman–Crippen LogP) is 2.07. The summed E-state index contributed by atoms with van der Waals surface area (Å²) in [7, 11) is 0. The topological polar surface area (TPSA) is 79.9 Å². The van der Waals surface area contributed by atoms with Crippen LogP contribution in [0, 0.1) is 0 Å². The molecule has 0 fully saturated rings. The average molecular weight is 292 g/mol. The molecule has 0 saturated carbocycles. The van der Waals surface area contributed by atoms with E-state index in [1.807, 2.05) is 13.1 Å². The van der Waals surface area contributed by atoms with Crippen LogP contribution in [0.4, 0.5) is 5.13 Å². The van der Waals surface area contributed by atoms with Gasteiger partial charge in [-0.3, -0.25) is 9.89 Å². The van der Waals surface area contributed by atoms with Crippen molar-refractivity contribution in [1.82, 2.24) is 15.2 Å². The molecule has 1 atom stereocenters. The molecule has 2 N–H and O–H groups in total. The molecular weight excluding hydrogens is 276 g/mol. The minimum atomic E-state index is -0.189. The van der Waals surface area contributed by atoms with Crippen LogP contribution in [0.25, 0.3) is 0 Å². The lowest BCUT2D eigenvalue weighted by molar-refractivity contribution is -0.145. The van der Waals surface area contributed by atoms with E-state index in [1.54, 1.807) is 17.5 Å². The highest BCUT2D eigenvalue weighted by Gasteiger charge is 2.33. The summed E-state index contributed by atoms with van der Waals surface area (Å²) >= 11 is 1.62. The van der Waals surface area contributed by atoms with Crippen LogP contribution in [-0.4, -0.2) is 27.8 Å². The lowest BCUT2D eigenvalue weighted by atomic mass is 10.1. The summed E-state index contributed by atoms with van der Waals surface area (Å²) < 4.78 is 5.10. The zero-order chi connectivity index (χ0) is 13.9. The van der Waals surface area contributed by atoms with E-state index in [0.717, 1.165) is 29.2 Å². The largest absolute Gasteiger partial charge is 0.465 e. The summed E-state index contributed by atoms with van der Waals surface area (Å²) in [4.78, 5) is 17.6. The molecule has 2 aromatic rings. The molecule has 0 spiro atoms. The van der Waals surface area contributed by atoms with Crippen molar-refractivity contribution in [3.63, 3.8) is 0 Å². The first-order valence-corrected chi connectivity index (χ1v) is 7.47. The van der Waals surface area contributed by atoms with Crippen LogP contribution in [0.1, 0.15) is 35.4 Å². The van der Waals surface area contributed by atoms with E-state index in [1.165, 1.54) is 4.88 Å². The molecule has 0 aliphatic heterocycles. The van der Waals surface area contributed by atoms with Crippen molar-refractivity contribution in [2.24, 2.45) is 0 Å². The molecular formula is C13H16N4O2S. The fraction of sp³-hybridized carbons (Fsp3) is 0.462. The molecule has 0 amide bonds. The van der Waals surface area contributed by atoms with E-state index in [4.69, 9.17) is 4.74 Å². The van der Waals surface area contributed by atoms with Crippen molar-refractivity contribution in [3.8, 4) is 0 Å². The average Bonchev–Trinajstić information content (AvgIpc) is 3.13. The Hall–Kier alpha value is -1.89. The molecule has 7 heteroatoms. The minimum Gasteiger partial charge on any atom is -0.465 e. The number of carbonyl (C=O) groups is 1. The first kappa shape index (κ1) is 13.1. The highest BCUT2D eigenvalue weighted by molar-refractivity contribution is 7.15. The summed E-state index contributed by atoms with van der Waals surface area (Å²) in [6.07, 6.45) is 5.34. The van der Waals surface area contributed by atoms with E-state index in [0.29, 0.717) is 13.2 Å². The number of carbonyl (C=O) groups excluding carboxylic acids is 1. The molecule has 20 heavy (non-hydrogen) atoms. The molecule has 0 radical (unpaired) electrons. The van der Waals surface area contributed by atoms with Crippen molar-refractivity contribution < 1.29 is 9.53 Å². The summed E-state index contributed by atoms with van der Waals surface area (Å²) in [6, 6.07) is 0. The summed E-state index contributed by atoms with van der Waals surface area (Å²) in [5.74, 6) is -0.344. The third-order valence-corrected chi connectivity index (χ3v) is 4.38. The maximum Gasteiger partial charge on any atom is 0.315 e. The molecule has 0 saturated heterocycles.